The van der Waals surface area contributed by atoms with Crippen LogP contribution in [-0.4, -0.2) is 68.2 Å². The number of hydrogen-bond donors (Lipinski definition) is 1. The summed E-state index contributed by atoms with van der Waals surface area (Å²) < 4.78 is 5.24. The topological polar surface area (TPSA) is 58.8 Å². The van der Waals surface area contributed by atoms with E-state index in [4.69, 9.17) is 10.5 Å². The lowest BCUT2D eigenvalue weighted by Gasteiger charge is -2.31. The molecule has 1 amide bonds. The molecule has 18 heavy (non-hydrogen) atoms. The standard InChI is InChI=1S/C12H23N3O2.ClH/c1-14(11(8-13)10-2-3-10)9-12(16)15-4-6-17-7-5-15;/h10-11H,2-9,13H2,1H3;1H. The summed E-state index contributed by atoms with van der Waals surface area (Å²) in [6.07, 6.45) is 2.52. The van der Waals surface area contributed by atoms with Crippen LogP contribution in [0.3, 0.4) is 0 Å². The van der Waals surface area contributed by atoms with Crippen molar-refractivity contribution in [3.63, 3.8) is 0 Å². The van der Waals surface area contributed by atoms with Crippen LogP contribution in [0, 0.1) is 5.92 Å². The molecule has 0 aromatic rings. The van der Waals surface area contributed by atoms with Crippen LogP contribution in [0.15, 0.2) is 0 Å². The van der Waals surface area contributed by atoms with Crippen molar-refractivity contribution in [2.45, 2.75) is 18.9 Å². The molecule has 2 aliphatic rings. The fourth-order valence-corrected chi connectivity index (χ4v) is 2.46. The molecule has 0 bridgehead atoms. The quantitative estimate of drug-likeness (QED) is 0.765. The van der Waals surface area contributed by atoms with Crippen LogP contribution in [0.1, 0.15) is 12.8 Å². The van der Waals surface area contributed by atoms with Gasteiger partial charge in [0.25, 0.3) is 0 Å². The van der Waals surface area contributed by atoms with E-state index in [0.717, 1.165) is 13.1 Å². The van der Waals surface area contributed by atoms with Crippen molar-refractivity contribution in [3.05, 3.63) is 0 Å². The number of morpholine rings is 1. The minimum absolute atomic E-state index is 0. The van der Waals surface area contributed by atoms with Crippen molar-refractivity contribution in [3.8, 4) is 0 Å². The number of carbonyl (C=O) groups is 1. The molecule has 1 aliphatic carbocycles. The number of hydrogen-bond acceptors (Lipinski definition) is 4. The molecule has 1 saturated heterocycles. The Morgan fingerprint density at radius 3 is 2.56 bits per heavy atom. The molecule has 0 aromatic carbocycles. The zero-order valence-electron chi connectivity index (χ0n) is 11.0. The van der Waals surface area contributed by atoms with Crippen molar-refractivity contribution in [2.24, 2.45) is 11.7 Å². The van der Waals surface area contributed by atoms with Gasteiger partial charge in [-0.25, -0.2) is 0 Å². The Hall–Kier alpha value is -0.360. The van der Waals surface area contributed by atoms with E-state index in [1.54, 1.807) is 0 Å². The molecule has 0 radical (unpaired) electrons. The van der Waals surface area contributed by atoms with Crippen LogP contribution in [0.2, 0.25) is 0 Å². The van der Waals surface area contributed by atoms with Gasteiger partial charge in [-0.3, -0.25) is 9.69 Å². The summed E-state index contributed by atoms with van der Waals surface area (Å²) in [7, 11) is 2.01. The largest absolute Gasteiger partial charge is 0.378 e. The Morgan fingerprint density at radius 1 is 1.44 bits per heavy atom. The Bertz CT molecular complexity index is 268. The maximum absolute atomic E-state index is 12.1. The van der Waals surface area contributed by atoms with E-state index in [2.05, 4.69) is 4.90 Å². The first-order valence-electron chi connectivity index (χ1n) is 6.48. The molecule has 106 valence electrons. The van der Waals surface area contributed by atoms with E-state index in [1.165, 1.54) is 12.8 Å². The highest BCUT2D eigenvalue weighted by molar-refractivity contribution is 5.85. The second-order valence-corrected chi connectivity index (χ2v) is 5.05. The zero-order chi connectivity index (χ0) is 12.3. The number of likely N-dealkylation sites (N-methyl/N-ethyl adjacent to an activating group) is 1. The predicted octanol–water partition coefficient (Wildman–Crippen LogP) is -0.0639. The summed E-state index contributed by atoms with van der Waals surface area (Å²) in [6.45, 7) is 3.92. The maximum atomic E-state index is 12.1. The second-order valence-electron chi connectivity index (χ2n) is 5.05. The molecule has 5 nitrogen and oxygen atoms in total. The highest BCUT2D eigenvalue weighted by atomic mass is 35.5. The number of ether oxygens (including phenoxy) is 1. The lowest BCUT2D eigenvalue weighted by molar-refractivity contribution is -0.136. The molecule has 2 N–H and O–H groups in total. The minimum atomic E-state index is 0. The third-order valence-electron chi connectivity index (χ3n) is 3.72. The molecule has 0 spiro atoms. The average molecular weight is 278 g/mol. The van der Waals surface area contributed by atoms with Crippen LogP contribution < -0.4 is 5.73 Å². The van der Waals surface area contributed by atoms with Gasteiger partial charge in [-0.1, -0.05) is 0 Å². The second kappa shape index (κ2) is 7.28. The van der Waals surface area contributed by atoms with Gasteiger partial charge in [0, 0.05) is 25.7 Å². The van der Waals surface area contributed by atoms with Crippen LogP contribution in [0.4, 0.5) is 0 Å². The molecule has 1 unspecified atom stereocenters. The summed E-state index contributed by atoms with van der Waals surface area (Å²) >= 11 is 0. The fourth-order valence-electron chi connectivity index (χ4n) is 2.46. The Morgan fingerprint density at radius 2 is 2.06 bits per heavy atom. The Labute approximate surface area is 115 Å². The van der Waals surface area contributed by atoms with Gasteiger partial charge in [-0.2, -0.15) is 0 Å². The van der Waals surface area contributed by atoms with Gasteiger partial charge in [-0.15, -0.1) is 12.4 Å². The van der Waals surface area contributed by atoms with Gasteiger partial charge in [0.2, 0.25) is 5.91 Å². The summed E-state index contributed by atoms with van der Waals surface area (Å²) in [5.74, 6) is 0.914. The lowest BCUT2D eigenvalue weighted by Crippen LogP contribution is -2.49. The molecular formula is C12H24ClN3O2. The van der Waals surface area contributed by atoms with E-state index in [1.807, 2.05) is 11.9 Å². The first-order chi connectivity index (χ1) is 8.22. The fraction of sp³-hybridized carbons (Fsp3) is 0.917. The normalized spacial score (nSPS) is 21.6. The van der Waals surface area contributed by atoms with Crippen molar-refractivity contribution < 1.29 is 9.53 Å². The van der Waals surface area contributed by atoms with Gasteiger partial charge in [0.05, 0.1) is 19.8 Å². The third kappa shape index (κ3) is 4.09. The van der Waals surface area contributed by atoms with Crippen LogP contribution in [-0.2, 0) is 9.53 Å². The third-order valence-corrected chi connectivity index (χ3v) is 3.72. The maximum Gasteiger partial charge on any atom is 0.236 e. The minimum Gasteiger partial charge on any atom is -0.378 e. The van der Waals surface area contributed by atoms with Crippen molar-refractivity contribution in [1.29, 1.82) is 0 Å². The highest BCUT2D eigenvalue weighted by Crippen LogP contribution is 2.34. The summed E-state index contributed by atoms with van der Waals surface area (Å²) in [6, 6.07) is 0.375. The van der Waals surface area contributed by atoms with E-state index in [0.29, 0.717) is 38.3 Å². The van der Waals surface area contributed by atoms with Gasteiger partial charge in [0.1, 0.15) is 0 Å². The predicted molar refractivity (Wildman–Crippen MR) is 72.8 cm³/mol. The zero-order valence-corrected chi connectivity index (χ0v) is 11.8. The lowest BCUT2D eigenvalue weighted by atomic mass is 10.1. The smallest absolute Gasteiger partial charge is 0.236 e. The number of nitrogens with two attached hydrogens (primary N) is 1. The van der Waals surface area contributed by atoms with Crippen LogP contribution in [0.25, 0.3) is 0 Å². The molecular weight excluding hydrogens is 254 g/mol. The highest BCUT2D eigenvalue weighted by Gasteiger charge is 2.33. The molecule has 1 saturated carbocycles. The molecule has 6 heteroatoms. The van der Waals surface area contributed by atoms with E-state index >= 15 is 0 Å². The molecule has 0 aromatic heterocycles. The van der Waals surface area contributed by atoms with Gasteiger partial charge in [-0.05, 0) is 25.8 Å². The van der Waals surface area contributed by atoms with E-state index in [9.17, 15) is 4.79 Å². The molecule has 1 heterocycles. The Kier molecular flexibility index (Phi) is 6.35. The number of carbonyl (C=O) groups excluding carboxylic acids is 1. The molecule has 1 atom stereocenters. The van der Waals surface area contributed by atoms with Crippen molar-refractivity contribution in [2.75, 3.05) is 46.4 Å². The summed E-state index contributed by atoms with van der Waals surface area (Å²) in [5.41, 5.74) is 5.78. The van der Waals surface area contributed by atoms with Gasteiger partial charge in [0.15, 0.2) is 0 Å². The number of rotatable bonds is 5. The first-order valence-corrected chi connectivity index (χ1v) is 6.48. The summed E-state index contributed by atoms with van der Waals surface area (Å²) in [4.78, 5) is 16.1. The van der Waals surface area contributed by atoms with Crippen molar-refractivity contribution >= 4 is 18.3 Å². The monoisotopic (exact) mass is 277 g/mol. The number of halogens is 1. The first kappa shape index (κ1) is 15.7. The SMILES string of the molecule is CN(CC(=O)N1CCOCC1)C(CN)C1CC1.Cl. The number of nitrogens with zero attached hydrogens (tertiary/aromatic N) is 2. The molecule has 2 rings (SSSR count). The van der Waals surface area contributed by atoms with E-state index < -0.39 is 0 Å². The molecule has 2 fully saturated rings. The number of amides is 1. The van der Waals surface area contributed by atoms with Crippen molar-refractivity contribution in [1.82, 2.24) is 9.80 Å². The van der Waals surface area contributed by atoms with Gasteiger partial charge < -0.3 is 15.4 Å². The summed E-state index contributed by atoms with van der Waals surface area (Å²) in [5, 5.41) is 0. The van der Waals surface area contributed by atoms with Crippen LogP contribution >= 0.6 is 12.4 Å². The Balaban J connectivity index is 0.00000162. The van der Waals surface area contributed by atoms with E-state index in [-0.39, 0.29) is 18.3 Å². The average Bonchev–Trinajstić information content (AvgIpc) is 3.15. The molecule has 1 aliphatic heterocycles. The van der Waals surface area contributed by atoms with Crippen LogP contribution in [0.5, 0.6) is 0 Å². The van der Waals surface area contributed by atoms with Gasteiger partial charge >= 0.3 is 0 Å².